The number of nitrogens with zero attached hydrogens (tertiary/aromatic N) is 1. The first-order valence-electron chi connectivity index (χ1n) is 6.07. The van der Waals surface area contributed by atoms with E-state index in [9.17, 15) is 0 Å². The number of hydrogen-bond donors (Lipinski definition) is 1. The molecule has 14 heavy (non-hydrogen) atoms. The Morgan fingerprint density at radius 1 is 1.36 bits per heavy atom. The molecule has 0 radical (unpaired) electrons. The summed E-state index contributed by atoms with van der Waals surface area (Å²) in [5.41, 5.74) is 0. The van der Waals surface area contributed by atoms with Crippen LogP contribution in [0.2, 0.25) is 0 Å². The van der Waals surface area contributed by atoms with Gasteiger partial charge in [-0.05, 0) is 45.7 Å². The van der Waals surface area contributed by atoms with Gasteiger partial charge in [-0.25, -0.2) is 0 Å². The molecule has 0 aromatic carbocycles. The molecule has 1 heterocycles. The highest BCUT2D eigenvalue weighted by Crippen LogP contribution is 2.10. The molecule has 0 aromatic rings. The SMILES string of the molecule is CC(C)CCN1CCC(C)NCC1C. The van der Waals surface area contributed by atoms with E-state index in [-0.39, 0.29) is 0 Å². The molecule has 2 atom stereocenters. The normalized spacial score (nSPS) is 30.6. The monoisotopic (exact) mass is 198 g/mol. The Morgan fingerprint density at radius 2 is 2.07 bits per heavy atom. The third-order valence-electron chi connectivity index (χ3n) is 3.23. The standard InChI is InChI=1S/C12H26N2/c1-10(2)5-7-14-8-6-11(3)13-9-12(14)4/h10-13H,5-9H2,1-4H3. The van der Waals surface area contributed by atoms with E-state index in [1.165, 1.54) is 25.9 Å². The number of hydrogen-bond acceptors (Lipinski definition) is 2. The van der Waals surface area contributed by atoms with E-state index in [0.717, 1.165) is 12.5 Å². The number of nitrogens with one attached hydrogen (secondary N) is 1. The van der Waals surface area contributed by atoms with Gasteiger partial charge in [-0.15, -0.1) is 0 Å². The Balaban J connectivity index is 2.34. The van der Waals surface area contributed by atoms with E-state index in [1.54, 1.807) is 0 Å². The molecule has 2 unspecified atom stereocenters. The summed E-state index contributed by atoms with van der Waals surface area (Å²) in [5, 5.41) is 3.57. The molecule has 1 N–H and O–H groups in total. The molecule has 1 saturated heterocycles. The van der Waals surface area contributed by atoms with E-state index in [2.05, 4.69) is 37.9 Å². The van der Waals surface area contributed by atoms with Gasteiger partial charge in [-0.2, -0.15) is 0 Å². The van der Waals surface area contributed by atoms with Crippen LogP contribution in [0.1, 0.15) is 40.5 Å². The van der Waals surface area contributed by atoms with Crippen molar-refractivity contribution >= 4 is 0 Å². The molecular formula is C12H26N2. The minimum absolute atomic E-state index is 0.696. The van der Waals surface area contributed by atoms with Gasteiger partial charge in [0, 0.05) is 18.6 Å². The van der Waals surface area contributed by atoms with Crippen molar-refractivity contribution in [3.63, 3.8) is 0 Å². The maximum absolute atomic E-state index is 3.57. The van der Waals surface area contributed by atoms with Crippen LogP contribution in [0.3, 0.4) is 0 Å². The first-order chi connectivity index (χ1) is 6.59. The van der Waals surface area contributed by atoms with E-state index in [4.69, 9.17) is 0 Å². The summed E-state index contributed by atoms with van der Waals surface area (Å²) < 4.78 is 0. The van der Waals surface area contributed by atoms with Gasteiger partial charge in [-0.1, -0.05) is 13.8 Å². The van der Waals surface area contributed by atoms with Gasteiger partial charge in [0.1, 0.15) is 0 Å². The van der Waals surface area contributed by atoms with Crippen molar-refractivity contribution in [1.82, 2.24) is 10.2 Å². The van der Waals surface area contributed by atoms with Gasteiger partial charge in [0.2, 0.25) is 0 Å². The second-order valence-electron chi connectivity index (χ2n) is 5.17. The minimum Gasteiger partial charge on any atom is -0.313 e. The first kappa shape index (κ1) is 12.0. The van der Waals surface area contributed by atoms with Crippen LogP contribution in [-0.4, -0.2) is 36.6 Å². The maximum atomic E-state index is 3.57. The smallest absolute Gasteiger partial charge is 0.0192 e. The molecule has 0 saturated carbocycles. The van der Waals surface area contributed by atoms with Crippen molar-refractivity contribution in [2.75, 3.05) is 19.6 Å². The molecule has 0 amide bonds. The topological polar surface area (TPSA) is 15.3 Å². The van der Waals surface area contributed by atoms with Crippen LogP contribution in [0, 0.1) is 5.92 Å². The third-order valence-corrected chi connectivity index (χ3v) is 3.23. The zero-order valence-electron chi connectivity index (χ0n) is 10.2. The van der Waals surface area contributed by atoms with Crippen molar-refractivity contribution in [3.05, 3.63) is 0 Å². The van der Waals surface area contributed by atoms with Crippen LogP contribution in [0.5, 0.6) is 0 Å². The first-order valence-corrected chi connectivity index (χ1v) is 6.07. The molecular weight excluding hydrogens is 172 g/mol. The Hall–Kier alpha value is -0.0800. The highest BCUT2D eigenvalue weighted by molar-refractivity contribution is 4.78. The molecule has 0 bridgehead atoms. The van der Waals surface area contributed by atoms with E-state index >= 15 is 0 Å². The Labute approximate surface area is 89.1 Å². The Bertz CT molecular complexity index is 156. The molecule has 84 valence electrons. The molecule has 1 rings (SSSR count). The van der Waals surface area contributed by atoms with Crippen LogP contribution in [0.15, 0.2) is 0 Å². The fraction of sp³-hybridized carbons (Fsp3) is 1.00. The van der Waals surface area contributed by atoms with Gasteiger partial charge in [0.15, 0.2) is 0 Å². The van der Waals surface area contributed by atoms with Gasteiger partial charge >= 0.3 is 0 Å². The van der Waals surface area contributed by atoms with Crippen LogP contribution in [0.25, 0.3) is 0 Å². The molecule has 2 nitrogen and oxygen atoms in total. The average molecular weight is 198 g/mol. The predicted octanol–water partition coefficient (Wildman–Crippen LogP) is 2.10. The van der Waals surface area contributed by atoms with Crippen molar-refractivity contribution in [1.29, 1.82) is 0 Å². The molecule has 1 fully saturated rings. The third kappa shape index (κ3) is 3.97. The van der Waals surface area contributed by atoms with E-state index < -0.39 is 0 Å². The highest BCUT2D eigenvalue weighted by Gasteiger charge is 2.19. The van der Waals surface area contributed by atoms with Crippen molar-refractivity contribution in [3.8, 4) is 0 Å². The van der Waals surface area contributed by atoms with Gasteiger partial charge in [0.05, 0.1) is 0 Å². The quantitative estimate of drug-likeness (QED) is 0.747. The summed E-state index contributed by atoms with van der Waals surface area (Å²) >= 11 is 0. The fourth-order valence-electron chi connectivity index (χ4n) is 1.94. The summed E-state index contributed by atoms with van der Waals surface area (Å²) in [5.74, 6) is 0.829. The number of rotatable bonds is 3. The van der Waals surface area contributed by atoms with Gasteiger partial charge in [-0.3, -0.25) is 4.90 Å². The highest BCUT2D eigenvalue weighted by atomic mass is 15.2. The fourth-order valence-corrected chi connectivity index (χ4v) is 1.94. The molecule has 2 heteroatoms. The zero-order valence-corrected chi connectivity index (χ0v) is 10.2. The lowest BCUT2D eigenvalue weighted by atomic mass is 10.1. The molecule has 0 spiro atoms. The average Bonchev–Trinajstić information content (AvgIpc) is 2.27. The van der Waals surface area contributed by atoms with Crippen LogP contribution in [-0.2, 0) is 0 Å². The predicted molar refractivity (Wildman–Crippen MR) is 62.6 cm³/mol. The maximum Gasteiger partial charge on any atom is 0.0192 e. The van der Waals surface area contributed by atoms with Crippen LogP contribution < -0.4 is 5.32 Å². The largest absolute Gasteiger partial charge is 0.313 e. The second kappa shape index (κ2) is 5.72. The Morgan fingerprint density at radius 3 is 2.71 bits per heavy atom. The van der Waals surface area contributed by atoms with Gasteiger partial charge in [0.25, 0.3) is 0 Å². The van der Waals surface area contributed by atoms with Crippen LogP contribution in [0.4, 0.5) is 0 Å². The van der Waals surface area contributed by atoms with Crippen LogP contribution >= 0.6 is 0 Å². The summed E-state index contributed by atoms with van der Waals surface area (Å²) in [7, 11) is 0. The molecule has 1 aliphatic heterocycles. The van der Waals surface area contributed by atoms with Crippen molar-refractivity contribution in [2.24, 2.45) is 5.92 Å². The molecule has 0 aromatic heterocycles. The second-order valence-corrected chi connectivity index (χ2v) is 5.17. The summed E-state index contributed by atoms with van der Waals surface area (Å²) in [6.45, 7) is 12.9. The Kier molecular flexibility index (Phi) is 4.90. The van der Waals surface area contributed by atoms with Gasteiger partial charge < -0.3 is 5.32 Å². The van der Waals surface area contributed by atoms with Crippen molar-refractivity contribution < 1.29 is 0 Å². The molecule has 0 aliphatic carbocycles. The summed E-state index contributed by atoms with van der Waals surface area (Å²) in [6, 6.07) is 1.40. The lowest BCUT2D eigenvalue weighted by Crippen LogP contribution is -2.38. The van der Waals surface area contributed by atoms with E-state index in [1.807, 2.05) is 0 Å². The summed E-state index contributed by atoms with van der Waals surface area (Å²) in [4.78, 5) is 2.64. The van der Waals surface area contributed by atoms with E-state index in [0.29, 0.717) is 12.1 Å². The summed E-state index contributed by atoms with van der Waals surface area (Å²) in [6.07, 6.45) is 2.63. The lowest BCUT2D eigenvalue weighted by Gasteiger charge is -2.27. The lowest BCUT2D eigenvalue weighted by molar-refractivity contribution is 0.210. The zero-order chi connectivity index (χ0) is 10.6. The minimum atomic E-state index is 0.696. The molecule has 1 aliphatic rings. The van der Waals surface area contributed by atoms with Crippen molar-refractivity contribution in [2.45, 2.75) is 52.6 Å².